The summed E-state index contributed by atoms with van der Waals surface area (Å²) in [7, 11) is 3.62. The molecule has 1 aromatic heterocycles. The Morgan fingerprint density at radius 3 is 2.70 bits per heavy atom. The number of carbonyl (C=O) groups excluding carboxylic acids is 1. The second-order valence-electron chi connectivity index (χ2n) is 5.70. The number of nitrogens with zero attached hydrogens (tertiary/aromatic N) is 3. The molecule has 8 nitrogen and oxygen atoms in total. The van der Waals surface area contributed by atoms with Crippen molar-refractivity contribution in [1.29, 1.82) is 0 Å². The molecular formula is C15H25N5O3. The third-order valence-electron chi connectivity index (χ3n) is 3.67. The van der Waals surface area contributed by atoms with Crippen LogP contribution in [0.15, 0.2) is 12.1 Å². The first-order valence-corrected chi connectivity index (χ1v) is 7.71. The second kappa shape index (κ2) is 7.98. The normalized spacial score (nSPS) is 16.8. The molecule has 128 valence electrons. The molecule has 1 aromatic rings. The van der Waals surface area contributed by atoms with E-state index in [-0.39, 0.29) is 6.54 Å². The number of methoxy groups -OCH3 is 1. The van der Waals surface area contributed by atoms with Gasteiger partial charge < -0.3 is 30.3 Å². The largest absolute Gasteiger partial charge is 0.479 e. The smallest absolute Gasteiger partial charge is 0.319 e. The van der Waals surface area contributed by atoms with Crippen molar-refractivity contribution in [2.75, 3.05) is 57.1 Å². The van der Waals surface area contributed by atoms with E-state index in [9.17, 15) is 9.90 Å². The topological polar surface area (TPSA) is 90.0 Å². The third-order valence-corrected chi connectivity index (χ3v) is 3.67. The number of rotatable bonds is 5. The number of amides is 2. The molecule has 1 fully saturated rings. The Bertz CT molecular complexity index is 530. The summed E-state index contributed by atoms with van der Waals surface area (Å²) in [5.41, 5.74) is 0.494. The lowest BCUT2D eigenvalue weighted by Gasteiger charge is -2.33. The summed E-state index contributed by atoms with van der Waals surface area (Å²) >= 11 is 0. The maximum absolute atomic E-state index is 11.8. The fraction of sp³-hybridized carbons (Fsp3) is 0.600. The maximum atomic E-state index is 11.8. The second-order valence-corrected chi connectivity index (χ2v) is 5.70. The van der Waals surface area contributed by atoms with Gasteiger partial charge in [-0.25, -0.2) is 4.79 Å². The summed E-state index contributed by atoms with van der Waals surface area (Å²) in [5, 5.41) is 14.4. The number of pyridine rings is 1. The van der Waals surface area contributed by atoms with Gasteiger partial charge in [0.1, 0.15) is 11.5 Å². The number of aromatic nitrogens is 1. The van der Waals surface area contributed by atoms with Gasteiger partial charge in [0.2, 0.25) is 5.88 Å². The van der Waals surface area contributed by atoms with E-state index >= 15 is 0 Å². The van der Waals surface area contributed by atoms with Crippen molar-refractivity contribution in [2.45, 2.75) is 13.0 Å². The van der Waals surface area contributed by atoms with E-state index < -0.39 is 12.1 Å². The molecule has 1 aliphatic heterocycles. The number of piperazine rings is 1. The quantitative estimate of drug-likeness (QED) is 0.724. The van der Waals surface area contributed by atoms with Gasteiger partial charge in [-0.2, -0.15) is 4.98 Å². The number of aliphatic hydroxyl groups excluding tert-OH is 1. The number of hydrogen-bond donors (Lipinski definition) is 3. The number of hydrogen-bond acceptors (Lipinski definition) is 6. The minimum Gasteiger partial charge on any atom is -0.479 e. The molecule has 2 heterocycles. The lowest BCUT2D eigenvalue weighted by atomic mass is 10.3. The summed E-state index contributed by atoms with van der Waals surface area (Å²) in [6.07, 6.45) is -0.597. The lowest BCUT2D eigenvalue weighted by molar-refractivity contribution is 0.190. The molecule has 0 aromatic carbocycles. The number of anilines is 2. The van der Waals surface area contributed by atoms with Gasteiger partial charge in [-0.3, -0.25) is 0 Å². The molecule has 2 amide bonds. The molecule has 0 spiro atoms. The SMILES string of the molecule is COc1nc(N2CCN(C)CC2)ccc1NC(=O)NC[C@@H](C)O. The summed E-state index contributed by atoms with van der Waals surface area (Å²) in [5.74, 6) is 1.21. The Labute approximate surface area is 136 Å². The zero-order chi connectivity index (χ0) is 16.8. The van der Waals surface area contributed by atoms with E-state index in [1.165, 1.54) is 7.11 Å². The van der Waals surface area contributed by atoms with Crippen LogP contribution in [0.3, 0.4) is 0 Å². The van der Waals surface area contributed by atoms with Crippen LogP contribution < -0.4 is 20.3 Å². The van der Waals surface area contributed by atoms with E-state index in [2.05, 4.69) is 32.5 Å². The van der Waals surface area contributed by atoms with Crippen molar-refractivity contribution in [1.82, 2.24) is 15.2 Å². The van der Waals surface area contributed by atoms with Gasteiger partial charge in [-0.05, 0) is 26.1 Å². The third kappa shape index (κ3) is 4.97. The van der Waals surface area contributed by atoms with Gasteiger partial charge in [0.15, 0.2) is 0 Å². The standard InChI is InChI=1S/C15H25N5O3/c1-11(21)10-16-15(22)17-12-4-5-13(18-14(12)23-3)20-8-6-19(2)7-9-20/h4-5,11,21H,6-10H2,1-3H3,(H2,16,17,22)/t11-/m1/s1. The fourth-order valence-corrected chi connectivity index (χ4v) is 2.30. The van der Waals surface area contributed by atoms with Crippen LogP contribution in [0.1, 0.15) is 6.92 Å². The highest BCUT2D eigenvalue weighted by Gasteiger charge is 2.17. The minimum atomic E-state index is -0.597. The van der Waals surface area contributed by atoms with Crippen molar-refractivity contribution >= 4 is 17.5 Å². The average Bonchev–Trinajstić information content (AvgIpc) is 2.54. The Morgan fingerprint density at radius 1 is 1.39 bits per heavy atom. The predicted octanol–water partition coefficient (Wildman–Crippen LogP) is 0.344. The molecule has 23 heavy (non-hydrogen) atoms. The van der Waals surface area contributed by atoms with E-state index in [1.54, 1.807) is 13.0 Å². The molecule has 3 N–H and O–H groups in total. The first kappa shape index (κ1) is 17.3. The van der Waals surface area contributed by atoms with E-state index in [0.717, 1.165) is 32.0 Å². The summed E-state index contributed by atoms with van der Waals surface area (Å²) < 4.78 is 5.28. The van der Waals surface area contributed by atoms with E-state index in [4.69, 9.17) is 4.74 Å². The van der Waals surface area contributed by atoms with Crippen LogP contribution in [0.2, 0.25) is 0 Å². The van der Waals surface area contributed by atoms with Gasteiger partial charge in [0, 0.05) is 32.7 Å². The Morgan fingerprint density at radius 2 is 2.09 bits per heavy atom. The number of urea groups is 1. The molecule has 1 aliphatic rings. The van der Waals surface area contributed by atoms with Gasteiger partial charge >= 0.3 is 6.03 Å². The molecule has 0 unspecified atom stereocenters. The van der Waals surface area contributed by atoms with Crippen molar-refractivity contribution in [3.63, 3.8) is 0 Å². The van der Waals surface area contributed by atoms with Crippen LogP contribution in [0.4, 0.5) is 16.3 Å². The van der Waals surface area contributed by atoms with E-state index in [0.29, 0.717) is 11.6 Å². The molecule has 2 rings (SSSR count). The summed E-state index contributed by atoms with van der Waals surface area (Å²) in [4.78, 5) is 20.7. The van der Waals surface area contributed by atoms with Gasteiger partial charge in [-0.15, -0.1) is 0 Å². The van der Waals surface area contributed by atoms with Crippen molar-refractivity contribution < 1.29 is 14.6 Å². The van der Waals surface area contributed by atoms with Crippen LogP contribution in [0.25, 0.3) is 0 Å². The molecule has 1 atom stereocenters. The zero-order valence-electron chi connectivity index (χ0n) is 13.9. The molecule has 0 radical (unpaired) electrons. The minimum absolute atomic E-state index is 0.182. The van der Waals surface area contributed by atoms with Gasteiger partial charge in [0.05, 0.1) is 13.2 Å². The van der Waals surface area contributed by atoms with Gasteiger partial charge in [-0.1, -0.05) is 0 Å². The number of nitrogens with one attached hydrogen (secondary N) is 2. The average molecular weight is 323 g/mol. The highest BCUT2D eigenvalue weighted by Crippen LogP contribution is 2.26. The number of aliphatic hydroxyl groups is 1. The first-order valence-electron chi connectivity index (χ1n) is 7.71. The maximum Gasteiger partial charge on any atom is 0.319 e. The fourth-order valence-electron chi connectivity index (χ4n) is 2.30. The molecule has 8 heteroatoms. The Kier molecular flexibility index (Phi) is 6.00. The van der Waals surface area contributed by atoms with Crippen LogP contribution in [0, 0.1) is 0 Å². The highest BCUT2D eigenvalue weighted by molar-refractivity contribution is 5.90. The molecular weight excluding hydrogens is 298 g/mol. The molecule has 0 saturated carbocycles. The monoisotopic (exact) mass is 323 g/mol. The zero-order valence-corrected chi connectivity index (χ0v) is 13.9. The lowest BCUT2D eigenvalue weighted by Crippen LogP contribution is -2.44. The van der Waals surface area contributed by atoms with Crippen molar-refractivity contribution in [2.24, 2.45) is 0 Å². The van der Waals surface area contributed by atoms with Gasteiger partial charge in [0.25, 0.3) is 0 Å². The van der Waals surface area contributed by atoms with Crippen LogP contribution in [-0.2, 0) is 0 Å². The summed E-state index contributed by atoms with van der Waals surface area (Å²) in [6, 6.07) is 3.25. The van der Waals surface area contributed by atoms with Crippen molar-refractivity contribution in [3.05, 3.63) is 12.1 Å². The van der Waals surface area contributed by atoms with Crippen LogP contribution >= 0.6 is 0 Å². The number of ether oxygens (including phenoxy) is 1. The molecule has 0 aliphatic carbocycles. The van der Waals surface area contributed by atoms with Crippen LogP contribution in [-0.4, -0.2) is 74.0 Å². The first-order chi connectivity index (χ1) is 11.0. The van der Waals surface area contributed by atoms with E-state index in [1.807, 2.05) is 6.07 Å². The van der Waals surface area contributed by atoms with Crippen LogP contribution in [0.5, 0.6) is 5.88 Å². The Hall–Kier alpha value is -2.06. The molecule has 0 bridgehead atoms. The van der Waals surface area contributed by atoms with Crippen molar-refractivity contribution in [3.8, 4) is 5.88 Å². The summed E-state index contributed by atoms with van der Waals surface area (Å²) in [6.45, 7) is 5.59. The number of likely N-dealkylation sites (N-methyl/N-ethyl adjacent to an activating group) is 1. The number of carbonyl (C=O) groups is 1. The molecule has 1 saturated heterocycles. The predicted molar refractivity (Wildman–Crippen MR) is 89.2 cm³/mol. The highest BCUT2D eigenvalue weighted by atomic mass is 16.5. The Balaban J connectivity index is 2.03.